The van der Waals surface area contributed by atoms with Crippen molar-refractivity contribution >= 4 is 17.4 Å². The molecule has 10 heteroatoms. The monoisotopic (exact) mass is 533 g/mol. The summed E-state index contributed by atoms with van der Waals surface area (Å²) in [5.41, 5.74) is 9.61. The molecule has 2 aromatic heterocycles. The molecule has 202 valence electrons. The second kappa shape index (κ2) is 9.30. The summed E-state index contributed by atoms with van der Waals surface area (Å²) in [4.78, 5) is 23.5. The zero-order valence-corrected chi connectivity index (χ0v) is 21.8. The summed E-state index contributed by atoms with van der Waals surface area (Å²) in [5.74, 6) is 0.862. The van der Waals surface area contributed by atoms with Gasteiger partial charge in [-0.3, -0.25) is 9.30 Å². The van der Waals surface area contributed by atoms with Crippen LogP contribution in [-0.2, 0) is 9.47 Å². The molecule has 1 amide bonds. The van der Waals surface area contributed by atoms with Crippen molar-refractivity contribution in [1.29, 1.82) is 0 Å². The number of carbonyl (C=O) groups excluding carboxylic acids is 1. The number of nitrogen functional groups attached to an aromatic ring is 1. The van der Waals surface area contributed by atoms with Gasteiger partial charge in [-0.1, -0.05) is 49.4 Å². The Hall–Kier alpha value is -4.05. The quantitative estimate of drug-likeness (QED) is 0.352. The fourth-order valence-electron chi connectivity index (χ4n) is 5.54. The van der Waals surface area contributed by atoms with E-state index in [-0.39, 0.29) is 23.6 Å². The first-order valence-corrected chi connectivity index (χ1v) is 12.9. The molecular weight excluding hydrogens is 504 g/mol. The van der Waals surface area contributed by atoms with Gasteiger partial charge < -0.3 is 15.2 Å². The van der Waals surface area contributed by atoms with Gasteiger partial charge in [-0.2, -0.15) is 0 Å². The molecule has 2 N–H and O–H groups in total. The van der Waals surface area contributed by atoms with Crippen molar-refractivity contribution in [2.45, 2.75) is 50.9 Å². The van der Waals surface area contributed by atoms with E-state index < -0.39 is 18.1 Å². The van der Waals surface area contributed by atoms with E-state index in [0.29, 0.717) is 36.0 Å². The van der Waals surface area contributed by atoms with Gasteiger partial charge in [-0.15, -0.1) is 0 Å². The van der Waals surface area contributed by atoms with Gasteiger partial charge in [0, 0.05) is 29.4 Å². The smallest absolute Gasteiger partial charge is 0.410 e. The number of anilines is 1. The standard InChI is InChI=1S/C29H29F2N5O3/c1-16(19-5-4-6-20(13-19)25(30)31)17-7-9-18(10-8-17)23-24-26(32)33-11-12-35(24)27(34-23)21-14-36-22(15-38-21)29(2,3)39-28(36)37/h4-13,16,21-22,25H,14-15H2,1-3H3,(H2,32,33)/t16-,21+,22-/m0/s1. The predicted molar refractivity (Wildman–Crippen MR) is 141 cm³/mol. The number of morpholine rings is 1. The van der Waals surface area contributed by atoms with Crippen LogP contribution < -0.4 is 5.73 Å². The second-order valence-corrected chi connectivity index (χ2v) is 10.6. The van der Waals surface area contributed by atoms with Crippen LogP contribution in [-0.4, -0.2) is 50.2 Å². The number of rotatable bonds is 5. The number of carbonyl (C=O) groups is 1. The Bertz CT molecular complexity index is 1550. The molecule has 4 aromatic rings. The lowest BCUT2D eigenvalue weighted by Crippen LogP contribution is -2.50. The maximum atomic E-state index is 13.2. The molecule has 2 saturated heterocycles. The average molecular weight is 534 g/mol. The van der Waals surface area contributed by atoms with Crippen LogP contribution in [0, 0.1) is 0 Å². The topological polar surface area (TPSA) is 95.0 Å². The molecule has 0 spiro atoms. The Morgan fingerprint density at radius 1 is 1.10 bits per heavy atom. The van der Waals surface area contributed by atoms with Crippen molar-refractivity contribution in [2.75, 3.05) is 18.9 Å². The number of alkyl halides is 2. The number of ether oxygens (including phenoxy) is 2. The van der Waals surface area contributed by atoms with E-state index >= 15 is 0 Å². The van der Waals surface area contributed by atoms with E-state index in [4.69, 9.17) is 20.2 Å². The van der Waals surface area contributed by atoms with Crippen molar-refractivity contribution in [3.8, 4) is 11.3 Å². The number of nitrogens with two attached hydrogens (primary N) is 1. The Kier molecular flexibility index (Phi) is 6.02. The highest BCUT2D eigenvalue weighted by Crippen LogP contribution is 2.38. The Morgan fingerprint density at radius 2 is 1.85 bits per heavy atom. The highest BCUT2D eigenvalue weighted by molar-refractivity contribution is 5.85. The summed E-state index contributed by atoms with van der Waals surface area (Å²) in [6.45, 7) is 6.39. The molecule has 0 radical (unpaired) electrons. The summed E-state index contributed by atoms with van der Waals surface area (Å²) in [6.07, 6.45) is 0.0419. The molecule has 4 heterocycles. The highest BCUT2D eigenvalue weighted by atomic mass is 19.3. The molecule has 3 atom stereocenters. The molecule has 0 unspecified atom stereocenters. The predicted octanol–water partition coefficient (Wildman–Crippen LogP) is 5.74. The lowest BCUT2D eigenvalue weighted by Gasteiger charge is -2.36. The Morgan fingerprint density at radius 3 is 2.59 bits per heavy atom. The third-order valence-electron chi connectivity index (χ3n) is 7.83. The van der Waals surface area contributed by atoms with E-state index in [1.54, 1.807) is 29.4 Å². The first-order chi connectivity index (χ1) is 18.6. The molecule has 2 aliphatic rings. The number of hydrogen-bond acceptors (Lipinski definition) is 6. The van der Waals surface area contributed by atoms with Gasteiger partial charge in [0.15, 0.2) is 0 Å². The van der Waals surface area contributed by atoms with Crippen LogP contribution >= 0.6 is 0 Å². The number of nitrogens with zero attached hydrogens (tertiary/aromatic N) is 4. The minimum absolute atomic E-state index is 0.0120. The summed E-state index contributed by atoms with van der Waals surface area (Å²) < 4.78 is 40.0. The molecular formula is C29H29F2N5O3. The van der Waals surface area contributed by atoms with Crippen molar-refractivity contribution in [3.63, 3.8) is 0 Å². The number of aromatic nitrogens is 3. The van der Waals surface area contributed by atoms with E-state index in [0.717, 1.165) is 16.7 Å². The van der Waals surface area contributed by atoms with Gasteiger partial charge in [0.05, 0.1) is 19.2 Å². The fraction of sp³-hybridized carbons (Fsp3) is 0.345. The third-order valence-corrected chi connectivity index (χ3v) is 7.83. The molecule has 2 aromatic carbocycles. The van der Waals surface area contributed by atoms with E-state index in [1.807, 2.05) is 55.5 Å². The molecule has 0 bridgehead atoms. The second-order valence-electron chi connectivity index (χ2n) is 10.6. The summed E-state index contributed by atoms with van der Waals surface area (Å²) in [6, 6.07) is 14.2. The van der Waals surface area contributed by atoms with Crippen molar-refractivity contribution in [3.05, 3.63) is 83.4 Å². The maximum absolute atomic E-state index is 13.2. The van der Waals surface area contributed by atoms with Gasteiger partial charge in [-0.25, -0.2) is 23.5 Å². The number of imidazole rings is 1. The molecule has 0 aliphatic carbocycles. The number of hydrogen-bond donors (Lipinski definition) is 1. The molecule has 6 rings (SSSR count). The Balaban J connectivity index is 1.33. The zero-order valence-electron chi connectivity index (χ0n) is 21.8. The number of benzene rings is 2. The van der Waals surface area contributed by atoms with E-state index in [9.17, 15) is 13.6 Å². The molecule has 8 nitrogen and oxygen atoms in total. The van der Waals surface area contributed by atoms with Crippen LogP contribution in [0.2, 0.25) is 0 Å². The van der Waals surface area contributed by atoms with Crippen LogP contribution in [0.15, 0.2) is 60.9 Å². The van der Waals surface area contributed by atoms with E-state index in [2.05, 4.69) is 4.98 Å². The first kappa shape index (κ1) is 25.2. The minimum Gasteiger partial charge on any atom is -0.441 e. The van der Waals surface area contributed by atoms with Crippen LogP contribution in [0.25, 0.3) is 16.8 Å². The van der Waals surface area contributed by atoms with Crippen molar-refractivity contribution in [2.24, 2.45) is 0 Å². The number of halogens is 2. The Labute approximate surface area is 224 Å². The normalized spacial score (nSPS) is 21.3. The van der Waals surface area contributed by atoms with Gasteiger partial charge in [0.1, 0.15) is 34.6 Å². The average Bonchev–Trinajstić information content (AvgIpc) is 3.43. The SMILES string of the molecule is C[C@@H](c1ccc(-c2nc([C@H]3CN4C(=O)OC(C)(C)[C@@H]4CO3)n3ccnc(N)c23)cc1)c1cccc(C(F)F)c1. The van der Waals surface area contributed by atoms with Crippen LogP contribution in [0.4, 0.5) is 19.4 Å². The van der Waals surface area contributed by atoms with Gasteiger partial charge in [-0.05, 0) is 31.0 Å². The first-order valence-electron chi connectivity index (χ1n) is 12.9. The number of fused-ring (bicyclic) bond motifs is 2. The van der Waals surface area contributed by atoms with Crippen LogP contribution in [0.1, 0.15) is 61.7 Å². The van der Waals surface area contributed by atoms with Crippen LogP contribution in [0.3, 0.4) is 0 Å². The number of cyclic esters (lactones) is 1. The summed E-state index contributed by atoms with van der Waals surface area (Å²) in [5, 5.41) is 0. The molecule has 2 aliphatic heterocycles. The fourth-order valence-corrected chi connectivity index (χ4v) is 5.54. The third kappa shape index (κ3) is 4.28. The summed E-state index contributed by atoms with van der Waals surface area (Å²) >= 11 is 0. The van der Waals surface area contributed by atoms with Gasteiger partial charge in [0.25, 0.3) is 6.43 Å². The van der Waals surface area contributed by atoms with Gasteiger partial charge >= 0.3 is 6.09 Å². The lowest BCUT2D eigenvalue weighted by molar-refractivity contribution is -0.0632. The maximum Gasteiger partial charge on any atom is 0.410 e. The molecule has 0 saturated carbocycles. The van der Waals surface area contributed by atoms with Crippen molar-refractivity contribution < 1.29 is 23.0 Å². The minimum atomic E-state index is -2.51. The highest BCUT2D eigenvalue weighted by Gasteiger charge is 2.51. The molecule has 39 heavy (non-hydrogen) atoms. The lowest BCUT2D eigenvalue weighted by atomic mass is 9.91. The van der Waals surface area contributed by atoms with Crippen LogP contribution in [0.5, 0.6) is 0 Å². The largest absolute Gasteiger partial charge is 0.441 e. The molecule has 2 fully saturated rings. The zero-order chi connectivity index (χ0) is 27.5. The number of amides is 1. The summed E-state index contributed by atoms with van der Waals surface area (Å²) in [7, 11) is 0. The van der Waals surface area contributed by atoms with Gasteiger partial charge in [0.2, 0.25) is 0 Å². The van der Waals surface area contributed by atoms with E-state index in [1.165, 1.54) is 6.07 Å². The van der Waals surface area contributed by atoms with Crippen molar-refractivity contribution in [1.82, 2.24) is 19.3 Å².